The first-order chi connectivity index (χ1) is 10.4. The topological polar surface area (TPSA) is 78.9 Å². The highest BCUT2D eigenvalue weighted by atomic mass is 16.3. The summed E-state index contributed by atoms with van der Waals surface area (Å²) in [5.41, 5.74) is 2.56. The number of nitrogens with one attached hydrogen (secondary N) is 1. The van der Waals surface area contributed by atoms with Gasteiger partial charge in [0.1, 0.15) is 11.3 Å². The first kappa shape index (κ1) is 14.3. The van der Waals surface area contributed by atoms with Crippen LogP contribution < -0.4 is 0 Å². The van der Waals surface area contributed by atoms with Crippen molar-refractivity contribution in [1.82, 2.24) is 15.0 Å². The summed E-state index contributed by atoms with van der Waals surface area (Å²) < 4.78 is 0. The highest BCUT2D eigenvalue weighted by Gasteiger charge is 2.26. The summed E-state index contributed by atoms with van der Waals surface area (Å²) >= 11 is 0. The van der Waals surface area contributed by atoms with Gasteiger partial charge in [0.15, 0.2) is 11.4 Å². The lowest BCUT2D eigenvalue weighted by atomic mass is 9.87. The number of aromatic amines is 1. The monoisotopic (exact) mass is 295 g/mol. The van der Waals surface area contributed by atoms with E-state index < -0.39 is 5.41 Å². The fourth-order valence-electron chi connectivity index (χ4n) is 2.27. The minimum Gasteiger partial charge on any atom is -0.508 e. The highest BCUT2D eigenvalue weighted by molar-refractivity contribution is 6.08. The van der Waals surface area contributed by atoms with Crippen molar-refractivity contribution in [2.45, 2.75) is 20.8 Å². The molecule has 112 valence electrons. The van der Waals surface area contributed by atoms with Gasteiger partial charge in [-0.3, -0.25) is 4.79 Å². The molecule has 3 aromatic rings. The number of Topliss-reactive ketones (excluding diaryl/α,β-unsaturated/α-hetero) is 1. The second-order valence-corrected chi connectivity index (χ2v) is 6.28. The predicted octanol–water partition coefficient (Wildman–Crippen LogP) is 3.56. The van der Waals surface area contributed by atoms with Crippen LogP contribution in [0.5, 0.6) is 5.75 Å². The number of benzene rings is 1. The molecule has 2 N–H and O–H groups in total. The van der Waals surface area contributed by atoms with E-state index in [2.05, 4.69) is 15.0 Å². The van der Waals surface area contributed by atoms with E-state index in [1.165, 1.54) is 0 Å². The van der Waals surface area contributed by atoms with Crippen LogP contribution in [0.4, 0.5) is 0 Å². The maximum Gasteiger partial charge on any atom is 0.171 e. The van der Waals surface area contributed by atoms with Crippen LogP contribution in [0.1, 0.15) is 31.1 Å². The van der Waals surface area contributed by atoms with Crippen LogP contribution in [0.15, 0.2) is 36.7 Å². The molecule has 5 nitrogen and oxygen atoms in total. The number of carbonyl (C=O) groups is 1. The van der Waals surface area contributed by atoms with E-state index in [0.717, 1.165) is 5.56 Å². The van der Waals surface area contributed by atoms with Gasteiger partial charge in [-0.1, -0.05) is 32.9 Å². The van der Waals surface area contributed by atoms with Crippen molar-refractivity contribution in [2.75, 3.05) is 0 Å². The van der Waals surface area contributed by atoms with Gasteiger partial charge in [0.2, 0.25) is 0 Å². The molecule has 5 heteroatoms. The van der Waals surface area contributed by atoms with E-state index in [1.807, 2.05) is 26.8 Å². The minimum atomic E-state index is -0.488. The molecule has 0 saturated heterocycles. The first-order valence-corrected chi connectivity index (χ1v) is 7.04. The number of nitrogens with zero attached hydrogens (tertiary/aromatic N) is 2. The highest BCUT2D eigenvalue weighted by Crippen LogP contribution is 2.27. The molecule has 0 saturated carbocycles. The molecule has 2 aromatic heterocycles. The molecule has 0 fully saturated rings. The largest absolute Gasteiger partial charge is 0.508 e. The van der Waals surface area contributed by atoms with E-state index in [9.17, 15) is 9.90 Å². The van der Waals surface area contributed by atoms with Crippen molar-refractivity contribution in [1.29, 1.82) is 0 Å². The molecule has 1 aromatic carbocycles. The number of hydrogen-bond donors (Lipinski definition) is 2. The van der Waals surface area contributed by atoms with Gasteiger partial charge in [-0.25, -0.2) is 9.97 Å². The quantitative estimate of drug-likeness (QED) is 0.708. The number of phenols is 1. The Balaban J connectivity index is 2.15. The maximum atomic E-state index is 12.5. The van der Waals surface area contributed by atoms with Crippen LogP contribution >= 0.6 is 0 Å². The van der Waals surface area contributed by atoms with E-state index in [0.29, 0.717) is 22.4 Å². The van der Waals surface area contributed by atoms with Crippen molar-refractivity contribution in [3.05, 3.63) is 42.2 Å². The molecule has 0 amide bonds. The Hall–Kier alpha value is -2.69. The summed E-state index contributed by atoms with van der Waals surface area (Å²) in [5.74, 6) is 0.181. The molecule has 3 rings (SSSR count). The molecule has 0 radical (unpaired) electrons. The van der Waals surface area contributed by atoms with E-state index >= 15 is 0 Å². The number of ketones is 1. The molecule has 22 heavy (non-hydrogen) atoms. The summed E-state index contributed by atoms with van der Waals surface area (Å²) in [4.78, 5) is 24.4. The zero-order chi connectivity index (χ0) is 15.9. The Morgan fingerprint density at radius 1 is 1.27 bits per heavy atom. The number of fused-ring (bicyclic) bond motifs is 1. The normalized spacial score (nSPS) is 11.8. The van der Waals surface area contributed by atoms with Gasteiger partial charge in [0.05, 0.1) is 17.5 Å². The van der Waals surface area contributed by atoms with Crippen molar-refractivity contribution in [3.63, 3.8) is 0 Å². The molecule has 0 spiro atoms. The summed E-state index contributed by atoms with van der Waals surface area (Å²) in [6, 6.07) is 6.80. The summed E-state index contributed by atoms with van der Waals surface area (Å²) in [6.45, 7) is 5.63. The molecule has 2 heterocycles. The number of aromatic nitrogens is 3. The lowest BCUT2D eigenvalue weighted by Crippen LogP contribution is -2.20. The van der Waals surface area contributed by atoms with E-state index in [1.54, 1.807) is 30.6 Å². The molecule has 0 atom stereocenters. The van der Waals surface area contributed by atoms with E-state index in [4.69, 9.17) is 0 Å². The van der Waals surface area contributed by atoms with Crippen LogP contribution in [-0.2, 0) is 0 Å². The smallest absolute Gasteiger partial charge is 0.171 e. The molecule has 0 bridgehead atoms. The van der Waals surface area contributed by atoms with Gasteiger partial charge in [0, 0.05) is 17.2 Å². The third-order valence-corrected chi connectivity index (χ3v) is 3.45. The SMILES string of the molecule is CC(C)(C)C(=O)c1c[nH]c2ncc(-c3cccc(O)c3)nc12. The lowest BCUT2D eigenvalue weighted by Gasteiger charge is -2.15. The number of hydrogen-bond acceptors (Lipinski definition) is 4. The van der Waals surface area contributed by atoms with Crippen molar-refractivity contribution in [2.24, 2.45) is 5.41 Å². The molecule has 0 aliphatic carbocycles. The number of carbonyl (C=O) groups excluding carboxylic acids is 1. The van der Waals surface area contributed by atoms with Gasteiger partial charge >= 0.3 is 0 Å². The van der Waals surface area contributed by atoms with Crippen LogP contribution in [0, 0.1) is 5.41 Å². The lowest BCUT2D eigenvalue weighted by molar-refractivity contribution is 0.0860. The van der Waals surface area contributed by atoms with Crippen LogP contribution in [0.2, 0.25) is 0 Å². The number of rotatable bonds is 2. The third kappa shape index (κ3) is 2.45. The van der Waals surface area contributed by atoms with Crippen LogP contribution in [0.25, 0.3) is 22.4 Å². The minimum absolute atomic E-state index is 0.0149. The fourth-order valence-corrected chi connectivity index (χ4v) is 2.27. The zero-order valence-electron chi connectivity index (χ0n) is 12.7. The zero-order valence-corrected chi connectivity index (χ0v) is 12.7. The first-order valence-electron chi connectivity index (χ1n) is 7.04. The summed E-state index contributed by atoms with van der Waals surface area (Å²) in [6.07, 6.45) is 3.28. The van der Waals surface area contributed by atoms with Gasteiger partial charge in [-0.15, -0.1) is 0 Å². The fraction of sp³-hybridized carbons (Fsp3) is 0.235. The Kier molecular flexibility index (Phi) is 3.20. The number of H-pyrrole nitrogens is 1. The molecule has 0 unspecified atom stereocenters. The van der Waals surface area contributed by atoms with Gasteiger partial charge in [0.25, 0.3) is 0 Å². The maximum absolute atomic E-state index is 12.5. The molecular weight excluding hydrogens is 278 g/mol. The number of phenolic OH excluding ortho intramolecular Hbond substituents is 1. The standard InChI is InChI=1S/C17H17N3O2/c1-17(2,3)15(22)12-8-18-16-14(12)20-13(9-19-16)10-5-4-6-11(21)7-10/h4-9,21H,1-3H3,(H,18,19). The second kappa shape index (κ2) is 4.94. The van der Waals surface area contributed by atoms with Gasteiger partial charge in [-0.2, -0.15) is 0 Å². The average molecular weight is 295 g/mol. The predicted molar refractivity (Wildman–Crippen MR) is 84.8 cm³/mol. The van der Waals surface area contributed by atoms with Gasteiger partial charge < -0.3 is 10.1 Å². The molecule has 0 aliphatic rings. The van der Waals surface area contributed by atoms with Crippen molar-refractivity contribution in [3.8, 4) is 17.0 Å². The Morgan fingerprint density at radius 3 is 2.73 bits per heavy atom. The molecule has 0 aliphatic heterocycles. The molecular formula is C17H17N3O2. The van der Waals surface area contributed by atoms with Crippen LogP contribution in [0.3, 0.4) is 0 Å². The summed E-state index contributed by atoms with van der Waals surface area (Å²) in [7, 11) is 0. The Morgan fingerprint density at radius 2 is 2.05 bits per heavy atom. The van der Waals surface area contributed by atoms with Crippen LogP contribution in [-0.4, -0.2) is 25.8 Å². The number of aromatic hydroxyl groups is 1. The second-order valence-electron chi connectivity index (χ2n) is 6.28. The van der Waals surface area contributed by atoms with Gasteiger partial charge in [-0.05, 0) is 12.1 Å². The van der Waals surface area contributed by atoms with E-state index in [-0.39, 0.29) is 11.5 Å². The van der Waals surface area contributed by atoms with Crippen molar-refractivity contribution >= 4 is 16.9 Å². The Bertz CT molecular complexity index is 860. The average Bonchev–Trinajstić information content (AvgIpc) is 2.88. The third-order valence-electron chi connectivity index (χ3n) is 3.45. The summed E-state index contributed by atoms with van der Waals surface area (Å²) in [5, 5.41) is 9.59. The van der Waals surface area contributed by atoms with Crippen molar-refractivity contribution < 1.29 is 9.90 Å². The Labute approximate surface area is 128 Å².